The van der Waals surface area contributed by atoms with Gasteiger partial charge < -0.3 is 24.4 Å². The van der Waals surface area contributed by atoms with Crippen LogP contribution in [0.2, 0.25) is 0 Å². The van der Waals surface area contributed by atoms with E-state index in [1.54, 1.807) is 44.4 Å². The highest BCUT2D eigenvalue weighted by Crippen LogP contribution is 2.33. The molecule has 0 aliphatic rings. The van der Waals surface area contributed by atoms with Crippen molar-refractivity contribution in [3.05, 3.63) is 77.4 Å². The second-order valence-electron chi connectivity index (χ2n) is 9.79. The maximum atomic E-state index is 14.2. The maximum absolute atomic E-state index is 14.2. The Bertz CT molecular complexity index is 1500. The van der Waals surface area contributed by atoms with Crippen LogP contribution in [-0.2, 0) is 26.2 Å². The Morgan fingerprint density at radius 3 is 2.12 bits per heavy atom. The Labute approximate surface area is 248 Å². The van der Waals surface area contributed by atoms with Gasteiger partial charge in [0.1, 0.15) is 18.3 Å². The van der Waals surface area contributed by atoms with Crippen LogP contribution < -0.4 is 23.8 Å². The lowest BCUT2D eigenvalue weighted by Crippen LogP contribution is -2.51. The van der Waals surface area contributed by atoms with Gasteiger partial charge in [0.05, 0.1) is 31.9 Å². The molecule has 1 unspecified atom stereocenters. The summed E-state index contributed by atoms with van der Waals surface area (Å²) in [7, 11) is 1.64. The summed E-state index contributed by atoms with van der Waals surface area (Å²) in [6, 6.07) is 15.9. The fourth-order valence-electron chi connectivity index (χ4n) is 4.78. The number of amides is 2. The number of hydrogen-bond acceptors (Lipinski definition) is 7. The van der Waals surface area contributed by atoms with E-state index in [1.807, 2.05) is 26.0 Å². The summed E-state index contributed by atoms with van der Waals surface area (Å²) in [5.74, 6) is 0.300. The van der Waals surface area contributed by atoms with E-state index in [0.29, 0.717) is 23.6 Å². The molecule has 0 aromatic heterocycles. The quantitative estimate of drug-likeness (QED) is 0.316. The number of ether oxygens (including phenoxy) is 3. The molecule has 0 saturated carbocycles. The van der Waals surface area contributed by atoms with Gasteiger partial charge in [0.15, 0.2) is 11.5 Å². The molecule has 10 nitrogen and oxygen atoms in total. The van der Waals surface area contributed by atoms with Crippen molar-refractivity contribution in [3.8, 4) is 17.2 Å². The van der Waals surface area contributed by atoms with Gasteiger partial charge in [-0.2, -0.15) is 0 Å². The molecule has 3 rings (SSSR count). The topological polar surface area (TPSA) is 114 Å². The average molecular weight is 598 g/mol. The van der Waals surface area contributed by atoms with Crippen LogP contribution in [0.3, 0.4) is 0 Å². The summed E-state index contributed by atoms with van der Waals surface area (Å²) >= 11 is 0. The minimum absolute atomic E-state index is 0.0685. The standard InChI is InChI=1S/C31H39N3O7S/c1-8-27(31(36)32-4)33(19-23-10-9-11-25(17-23)39-5)30(35)20-34(24-15-21(2)14-22(3)16-24)42(37,38)26-12-13-28(40-6)29(18-26)41-7/h9-18,27H,8,19-20H2,1-7H3,(H,32,36). The van der Waals surface area contributed by atoms with Crippen LogP contribution >= 0.6 is 0 Å². The molecular formula is C31H39N3O7S. The highest BCUT2D eigenvalue weighted by atomic mass is 32.2. The van der Waals surface area contributed by atoms with E-state index in [1.165, 1.54) is 44.4 Å². The van der Waals surface area contributed by atoms with E-state index < -0.39 is 28.5 Å². The first-order chi connectivity index (χ1) is 20.0. The zero-order valence-electron chi connectivity index (χ0n) is 25.1. The lowest BCUT2D eigenvalue weighted by atomic mass is 10.1. The van der Waals surface area contributed by atoms with Gasteiger partial charge >= 0.3 is 0 Å². The van der Waals surface area contributed by atoms with Gasteiger partial charge in [-0.05, 0) is 73.4 Å². The number of aryl methyl sites for hydroxylation is 2. The van der Waals surface area contributed by atoms with Crippen LogP contribution in [0.25, 0.3) is 0 Å². The summed E-state index contributed by atoms with van der Waals surface area (Å²) < 4.78 is 45.5. The second-order valence-corrected chi connectivity index (χ2v) is 11.6. The van der Waals surface area contributed by atoms with Crippen molar-refractivity contribution in [1.82, 2.24) is 10.2 Å². The van der Waals surface area contributed by atoms with Crippen molar-refractivity contribution in [1.29, 1.82) is 0 Å². The molecule has 0 saturated heterocycles. The summed E-state index contributed by atoms with van der Waals surface area (Å²) in [5.41, 5.74) is 2.71. The number of rotatable bonds is 13. The third-order valence-electron chi connectivity index (χ3n) is 6.84. The molecule has 226 valence electrons. The molecule has 1 N–H and O–H groups in total. The smallest absolute Gasteiger partial charge is 0.264 e. The molecule has 42 heavy (non-hydrogen) atoms. The summed E-state index contributed by atoms with van der Waals surface area (Å²) in [6.07, 6.45) is 0.321. The molecule has 3 aromatic carbocycles. The van der Waals surface area contributed by atoms with Gasteiger partial charge in [-0.25, -0.2) is 8.42 Å². The monoisotopic (exact) mass is 597 g/mol. The SMILES string of the molecule is CCC(C(=O)NC)N(Cc1cccc(OC)c1)C(=O)CN(c1cc(C)cc(C)c1)S(=O)(=O)c1ccc(OC)c(OC)c1. The number of likely N-dealkylation sites (N-methyl/N-ethyl adjacent to an activating group) is 1. The van der Waals surface area contributed by atoms with Gasteiger partial charge in [-0.3, -0.25) is 13.9 Å². The van der Waals surface area contributed by atoms with Crippen molar-refractivity contribution >= 4 is 27.5 Å². The minimum Gasteiger partial charge on any atom is -0.497 e. The number of nitrogens with one attached hydrogen (secondary N) is 1. The fourth-order valence-corrected chi connectivity index (χ4v) is 6.20. The molecule has 11 heteroatoms. The molecule has 0 aliphatic carbocycles. The minimum atomic E-state index is -4.29. The number of anilines is 1. The number of nitrogens with zero attached hydrogens (tertiary/aromatic N) is 2. The van der Waals surface area contributed by atoms with E-state index in [9.17, 15) is 18.0 Å². The molecule has 0 fully saturated rings. The van der Waals surface area contributed by atoms with E-state index in [2.05, 4.69) is 5.32 Å². The van der Waals surface area contributed by atoms with E-state index in [4.69, 9.17) is 14.2 Å². The maximum Gasteiger partial charge on any atom is 0.264 e. The van der Waals surface area contributed by atoms with Crippen molar-refractivity contribution < 1.29 is 32.2 Å². The third kappa shape index (κ3) is 7.33. The van der Waals surface area contributed by atoms with Crippen molar-refractivity contribution in [2.24, 2.45) is 0 Å². The highest BCUT2D eigenvalue weighted by molar-refractivity contribution is 7.92. The van der Waals surface area contributed by atoms with Crippen molar-refractivity contribution in [2.75, 3.05) is 39.2 Å². The molecule has 0 bridgehead atoms. The van der Waals surface area contributed by atoms with E-state index in [-0.39, 0.29) is 23.1 Å². The average Bonchev–Trinajstić information content (AvgIpc) is 2.98. The number of carbonyl (C=O) groups excluding carboxylic acids is 2. The Hall–Kier alpha value is -4.25. The first-order valence-electron chi connectivity index (χ1n) is 13.5. The van der Waals surface area contributed by atoms with Gasteiger partial charge in [0.25, 0.3) is 10.0 Å². The largest absolute Gasteiger partial charge is 0.497 e. The zero-order valence-corrected chi connectivity index (χ0v) is 25.9. The molecule has 0 spiro atoms. The first-order valence-corrected chi connectivity index (χ1v) is 14.9. The number of methoxy groups -OCH3 is 3. The van der Waals surface area contributed by atoms with Crippen molar-refractivity contribution in [3.63, 3.8) is 0 Å². The Kier molecular flexibility index (Phi) is 10.8. The van der Waals surface area contributed by atoms with E-state index in [0.717, 1.165) is 21.0 Å². The number of benzene rings is 3. The lowest BCUT2D eigenvalue weighted by molar-refractivity contribution is -0.140. The van der Waals surface area contributed by atoms with E-state index >= 15 is 0 Å². The summed E-state index contributed by atoms with van der Waals surface area (Å²) in [6.45, 7) is 5.03. The Morgan fingerprint density at radius 1 is 0.881 bits per heavy atom. The number of carbonyl (C=O) groups is 2. The fraction of sp³-hybridized carbons (Fsp3) is 0.355. The normalized spacial score (nSPS) is 11.8. The number of sulfonamides is 1. The molecular weight excluding hydrogens is 558 g/mol. The van der Waals surface area contributed by atoms with Crippen LogP contribution in [0, 0.1) is 13.8 Å². The van der Waals surface area contributed by atoms with Gasteiger partial charge in [0.2, 0.25) is 11.8 Å². The second kappa shape index (κ2) is 14.1. The lowest BCUT2D eigenvalue weighted by Gasteiger charge is -2.33. The van der Waals surface area contributed by atoms with Gasteiger partial charge in [-0.15, -0.1) is 0 Å². The summed E-state index contributed by atoms with van der Waals surface area (Å²) in [4.78, 5) is 28.4. The van der Waals surface area contributed by atoms with Crippen LogP contribution in [0.4, 0.5) is 5.69 Å². The summed E-state index contributed by atoms with van der Waals surface area (Å²) in [5, 5.41) is 2.62. The predicted octanol–water partition coefficient (Wildman–Crippen LogP) is 4.08. The van der Waals surface area contributed by atoms with Gasteiger partial charge in [0, 0.05) is 19.7 Å². The molecule has 0 aliphatic heterocycles. The molecule has 3 aromatic rings. The van der Waals surface area contributed by atoms with Crippen molar-refractivity contribution in [2.45, 2.75) is 44.7 Å². The molecule has 1 atom stereocenters. The van der Waals surface area contributed by atoms with Crippen LogP contribution in [0.15, 0.2) is 65.6 Å². The van der Waals surface area contributed by atoms with Crippen LogP contribution in [-0.4, -0.2) is 66.1 Å². The molecule has 0 radical (unpaired) electrons. The first kappa shape index (κ1) is 32.3. The predicted molar refractivity (Wildman–Crippen MR) is 162 cm³/mol. The Morgan fingerprint density at radius 2 is 1.55 bits per heavy atom. The third-order valence-corrected chi connectivity index (χ3v) is 8.61. The zero-order chi connectivity index (χ0) is 31.0. The van der Waals surface area contributed by atoms with Crippen LogP contribution in [0.1, 0.15) is 30.0 Å². The molecule has 0 heterocycles. The molecule has 2 amide bonds. The Balaban J connectivity index is 2.14. The van der Waals surface area contributed by atoms with Crippen LogP contribution in [0.5, 0.6) is 17.2 Å². The highest BCUT2D eigenvalue weighted by Gasteiger charge is 2.34. The van der Waals surface area contributed by atoms with Gasteiger partial charge in [-0.1, -0.05) is 25.1 Å². The number of hydrogen-bond donors (Lipinski definition) is 1.